The molecule has 26 heavy (non-hydrogen) atoms. The summed E-state index contributed by atoms with van der Waals surface area (Å²) in [4.78, 5) is 2.75. The highest BCUT2D eigenvalue weighted by atomic mass is 32.2. The van der Waals surface area contributed by atoms with Gasteiger partial charge in [-0.1, -0.05) is 0 Å². The van der Waals surface area contributed by atoms with Crippen molar-refractivity contribution in [2.75, 3.05) is 18.6 Å². The highest BCUT2D eigenvalue weighted by Gasteiger charge is 2.29. The summed E-state index contributed by atoms with van der Waals surface area (Å²) in [5, 5.41) is 7.48. The van der Waals surface area contributed by atoms with E-state index in [4.69, 9.17) is 10.5 Å². The first-order valence-electron chi connectivity index (χ1n) is 8.54. The molecule has 0 unspecified atom stereocenters. The van der Waals surface area contributed by atoms with Crippen LogP contribution in [0.5, 0.6) is 5.75 Å². The number of aromatic nitrogens is 2. The lowest BCUT2D eigenvalue weighted by Gasteiger charge is -2.30. The van der Waals surface area contributed by atoms with Crippen LogP contribution in [0.4, 0.5) is 11.5 Å². The smallest absolute Gasteiger partial charge is 0.158 e. The number of nitrogens with two attached hydrogens (primary N) is 1. The van der Waals surface area contributed by atoms with Gasteiger partial charge in [-0.3, -0.25) is 9.31 Å². The van der Waals surface area contributed by atoms with Crippen molar-refractivity contribution in [1.82, 2.24) is 10.2 Å². The van der Waals surface area contributed by atoms with Crippen LogP contribution in [0.1, 0.15) is 37.6 Å². The Labute approximate surface area is 156 Å². The van der Waals surface area contributed by atoms with Gasteiger partial charge in [0, 0.05) is 39.9 Å². The number of ether oxygens (including phenoxy) is 1. The van der Waals surface area contributed by atoms with Crippen LogP contribution in [0.3, 0.4) is 0 Å². The minimum absolute atomic E-state index is 0.399. The van der Waals surface area contributed by atoms with E-state index in [9.17, 15) is 4.21 Å². The van der Waals surface area contributed by atoms with Gasteiger partial charge in [0.05, 0.1) is 28.5 Å². The van der Waals surface area contributed by atoms with Crippen molar-refractivity contribution in [1.29, 1.82) is 0 Å². The summed E-state index contributed by atoms with van der Waals surface area (Å²) in [6, 6.07) is 3.81. The van der Waals surface area contributed by atoms with E-state index < -0.39 is 15.5 Å². The fourth-order valence-electron chi connectivity index (χ4n) is 2.97. The maximum atomic E-state index is 13.0. The van der Waals surface area contributed by atoms with Crippen LogP contribution < -0.4 is 15.4 Å². The van der Waals surface area contributed by atoms with Crippen molar-refractivity contribution in [2.45, 2.75) is 44.3 Å². The normalized spacial score (nSPS) is 15.5. The average Bonchev–Trinajstić information content (AvgIpc) is 2.92. The van der Waals surface area contributed by atoms with Gasteiger partial charge in [-0.15, -0.1) is 0 Å². The van der Waals surface area contributed by atoms with Crippen molar-refractivity contribution in [3.8, 4) is 5.75 Å². The molecule has 0 saturated heterocycles. The molecule has 1 atom stereocenters. The van der Waals surface area contributed by atoms with E-state index in [2.05, 4.69) is 15.1 Å². The third-order valence-corrected chi connectivity index (χ3v) is 6.45. The molecule has 2 heterocycles. The first-order valence-corrected chi connectivity index (χ1v) is 9.69. The number of hydrogen-bond donors (Lipinski definition) is 2. The lowest BCUT2D eigenvalue weighted by molar-refractivity contribution is 0.403. The van der Waals surface area contributed by atoms with E-state index in [-0.39, 0.29) is 0 Å². The maximum Gasteiger partial charge on any atom is 0.158 e. The third-order valence-electron chi connectivity index (χ3n) is 4.62. The van der Waals surface area contributed by atoms with E-state index >= 15 is 0 Å². The van der Waals surface area contributed by atoms with Crippen molar-refractivity contribution in [2.24, 2.45) is 5.73 Å². The predicted octanol–water partition coefficient (Wildman–Crippen LogP) is 3.39. The number of nitrogens with zero attached hydrogens (tertiary/aromatic N) is 2. The summed E-state index contributed by atoms with van der Waals surface area (Å²) in [6.07, 6.45) is 1.96. The lowest BCUT2D eigenvalue weighted by Crippen LogP contribution is -2.26. The quantitative estimate of drug-likeness (QED) is 0.860. The standard InChI is InChI=1S/C19H26N4O2S/c1-11-12(2)21-22-18(11)23-8-7-14(20)13-9-17(26(24)19(3,4)5)16(25-6)10-15(13)23/h7,9-10H,8,20H2,1-6H3,(H,21,22)/t26-/m1/s1. The summed E-state index contributed by atoms with van der Waals surface area (Å²) in [5.41, 5.74) is 10.8. The Kier molecular flexibility index (Phi) is 4.60. The molecule has 1 aliphatic heterocycles. The second-order valence-electron chi connectivity index (χ2n) is 7.47. The van der Waals surface area contributed by atoms with E-state index in [1.54, 1.807) is 7.11 Å². The van der Waals surface area contributed by atoms with E-state index in [1.165, 1.54) is 0 Å². The molecule has 1 aromatic heterocycles. The van der Waals surface area contributed by atoms with Crippen LogP contribution in [0.2, 0.25) is 0 Å². The molecule has 0 saturated carbocycles. The number of hydrogen-bond acceptors (Lipinski definition) is 5. The molecule has 0 aliphatic carbocycles. The van der Waals surface area contributed by atoms with Crippen LogP contribution in [0.15, 0.2) is 23.1 Å². The molecule has 140 valence electrons. The molecule has 7 heteroatoms. The Balaban J connectivity index is 2.19. The number of H-pyrrole nitrogens is 1. The summed E-state index contributed by atoms with van der Waals surface area (Å²) in [5.74, 6) is 1.46. The molecule has 1 aliphatic rings. The van der Waals surface area contributed by atoms with E-state index in [1.807, 2.05) is 52.8 Å². The first kappa shape index (κ1) is 18.5. The molecule has 3 rings (SSSR count). The van der Waals surface area contributed by atoms with Gasteiger partial charge in [-0.05, 0) is 46.8 Å². The Morgan fingerprint density at radius 3 is 2.54 bits per heavy atom. The van der Waals surface area contributed by atoms with E-state index in [0.29, 0.717) is 22.9 Å². The summed E-state index contributed by atoms with van der Waals surface area (Å²) in [6.45, 7) is 10.5. The highest BCUT2D eigenvalue weighted by molar-refractivity contribution is 7.86. The lowest BCUT2D eigenvalue weighted by atomic mass is 10.0. The van der Waals surface area contributed by atoms with Gasteiger partial charge in [0.15, 0.2) is 5.82 Å². The van der Waals surface area contributed by atoms with Gasteiger partial charge < -0.3 is 15.4 Å². The number of rotatable bonds is 3. The molecule has 3 N–H and O–H groups in total. The van der Waals surface area contributed by atoms with Crippen LogP contribution >= 0.6 is 0 Å². The summed E-state index contributed by atoms with van der Waals surface area (Å²) >= 11 is 0. The predicted molar refractivity (Wildman–Crippen MR) is 106 cm³/mol. The number of methoxy groups -OCH3 is 1. The largest absolute Gasteiger partial charge is 0.495 e. The summed E-state index contributed by atoms with van der Waals surface area (Å²) < 4.78 is 18.2. The Morgan fingerprint density at radius 1 is 1.31 bits per heavy atom. The van der Waals surface area contributed by atoms with Crippen molar-refractivity contribution in [3.05, 3.63) is 35.0 Å². The number of fused-ring (bicyclic) bond motifs is 1. The van der Waals surface area contributed by atoms with Crippen molar-refractivity contribution >= 4 is 28.0 Å². The third kappa shape index (κ3) is 3.00. The topological polar surface area (TPSA) is 84.2 Å². The van der Waals surface area contributed by atoms with Crippen LogP contribution in [0, 0.1) is 13.8 Å². The molecular weight excluding hydrogens is 348 g/mol. The number of aryl methyl sites for hydroxylation is 1. The SMILES string of the molecule is COc1cc2c(cc1[S@@](=O)C(C)(C)C)C(N)=CCN2c1n[nH]c(C)c1C. The number of benzene rings is 1. The van der Waals surface area contributed by atoms with Gasteiger partial charge in [0.25, 0.3) is 0 Å². The van der Waals surface area contributed by atoms with Gasteiger partial charge in [0.1, 0.15) is 5.75 Å². The molecule has 6 nitrogen and oxygen atoms in total. The molecule has 0 amide bonds. The molecule has 0 bridgehead atoms. The molecule has 0 fully saturated rings. The fourth-order valence-corrected chi connectivity index (χ4v) is 4.18. The molecule has 1 aromatic carbocycles. The van der Waals surface area contributed by atoms with Crippen LogP contribution in [0.25, 0.3) is 5.70 Å². The Bertz CT molecular complexity index is 909. The Morgan fingerprint density at radius 2 is 2.00 bits per heavy atom. The fraction of sp³-hybridized carbons (Fsp3) is 0.421. The minimum Gasteiger partial charge on any atom is -0.495 e. The van der Waals surface area contributed by atoms with Crippen molar-refractivity contribution in [3.63, 3.8) is 0 Å². The van der Waals surface area contributed by atoms with Gasteiger partial charge >= 0.3 is 0 Å². The number of anilines is 2. The number of nitrogens with one attached hydrogen (secondary N) is 1. The zero-order chi connectivity index (χ0) is 19.2. The molecule has 2 aromatic rings. The molecule has 0 spiro atoms. The van der Waals surface area contributed by atoms with E-state index in [0.717, 1.165) is 28.3 Å². The van der Waals surface area contributed by atoms with Gasteiger partial charge in [-0.2, -0.15) is 5.10 Å². The monoisotopic (exact) mass is 374 g/mol. The first-order chi connectivity index (χ1) is 12.1. The van der Waals surface area contributed by atoms with Gasteiger partial charge in [0.2, 0.25) is 0 Å². The second kappa shape index (κ2) is 6.46. The Hall–Kier alpha value is -2.28. The van der Waals surface area contributed by atoms with Crippen LogP contribution in [-0.4, -0.2) is 32.8 Å². The minimum atomic E-state index is -1.23. The summed E-state index contributed by atoms with van der Waals surface area (Å²) in [7, 11) is 0.369. The maximum absolute atomic E-state index is 13.0. The average molecular weight is 375 g/mol. The molecular formula is C19H26N4O2S. The van der Waals surface area contributed by atoms with Crippen LogP contribution in [-0.2, 0) is 10.8 Å². The highest BCUT2D eigenvalue weighted by Crippen LogP contribution is 2.41. The second-order valence-corrected chi connectivity index (χ2v) is 9.67. The van der Waals surface area contributed by atoms with Crippen molar-refractivity contribution < 1.29 is 8.95 Å². The zero-order valence-corrected chi connectivity index (χ0v) is 17.0. The number of aromatic amines is 1. The van der Waals surface area contributed by atoms with Gasteiger partial charge in [-0.25, -0.2) is 0 Å². The molecule has 0 radical (unpaired) electrons. The zero-order valence-electron chi connectivity index (χ0n) is 16.1.